The summed E-state index contributed by atoms with van der Waals surface area (Å²) in [7, 11) is 1.59. The Labute approximate surface area is 126 Å². The molecule has 1 fully saturated rings. The molecule has 1 amide bonds. The lowest BCUT2D eigenvalue weighted by Gasteiger charge is -2.12. The summed E-state index contributed by atoms with van der Waals surface area (Å²) in [5.41, 5.74) is 6.05. The van der Waals surface area contributed by atoms with Gasteiger partial charge in [0.05, 0.1) is 19.3 Å². The van der Waals surface area contributed by atoms with E-state index in [2.05, 4.69) is 5.32 Å². The van der Waals surface area contributed by atoms with Crippen LogP contribution in [-0.2, 0) is 16.0 Å². The number of hydrogen-bond acceptors (Lipinski definition) is 6. The number of nitrogens with one attached hydrogen (secondary N) is 1. The molecule has 0 saturated carbocycles. The minimum Gasteiger partial charge on any atom is -0.384 e. The quantitative estimate of drug-likeness (QED) is 0.613. The maximum atomic E-state index is 12.0. The molecule has 0 aromatic carbocycles. The summed E-state index contributed by atoms with van der Waals surface area (Å²) in [6, 6.07) is 0. The third-order valence-electron chi connectivity index (χ3n) is 3.14. The van der Waals surface area contributed by atoms with Crippen LogP contribution in [0.5, 0.6) is 0 Å². The SMILES string of the molecule is COCCNC(=O)c1sc(=S)n(C[C@@H]2CCCO2)c1N. The van der Waals surface area contributed by atoms with E-state index in [1.165, 1.54) is 11.3 Å². The lowest BCUT2D eigenvalue weighted by molar-refractivity contribution is 0.0935. The number of methoxy groups -OCH3 is 1. The first-order valence-electron chi connectivity index (χ1n) is 6.51. The molecule has 6 nitrogen and oxygen atoms in total. The Morgan fingerprint density at radius 2 is 2.50 bits per heavy atom. The number of thiazole rings is 1. The fraction of sp³-hybridized carbons (Fsp3) is 0.667. The smallest absolute Gasteiger partial charge is 0.265 e. The summed E-state index contributed by atoms with van der Waals surface area (Å²) in [4.78, 5) is 12.5. The van der Waals surface area contributed by atoms with E-state index >= 15 is 0 Å². The average molecular weight is 317 g/mol. The fourth-order valence-electron chi connectivity index (χ4n) is 2.09. The first kappa shape index (κ1) is 15.4. The van der Waals surface area contributed by atoms with E-state index in [4.69, 9.17) is 27.4 Å². The monoisotopic (exact) mass is 317 g/mol. The van der Waals surface area contributed by atoms with Gasteiger partial charge in [0.25, 0.3) is 5.91 Å². The molecule has 3 N–H and O–H groups in total. The molecule has 2 heterocycles. The van der Waals surface area contributed by atoms with E-state index in [-0.39, 0.29) is 12.0 Å². The van der Waals surface area contributed by atoms with Crippen LogP contribution >= 0.6 is 23.6 Å². The van der Waals surface area contributed by atoms with E-state index in [9.17, 15) is 4.79 Å². The lowest BCUT2D eigenvalue weighted by Crippen LogP contribution is -2.27. The number of nitrogens with two attached hydrogens (primary N) is 1. The van der Waals surface area contributed by atoms with Gasteiger partial charge in [0.2, 0.25) is 0 Å². The number of anilines is 1. The molecule has 1 aromatic heterocycles. The Morgan fingerprint density at radius 3 is 3.15 bits per heavy atom. The second kappa shape index (κ2) is 7.16. The largest absolute Gasteiger partial charge is 0.384 e. The zero-order chi connectivity index (χ0) is 14.5. The van der Waals surface area contributed by atoms with Gasteiger partial charge in [-0.15, -0.1) is 0 Å². The van der Waals surface area contributed by atoms with Crippen molar-refractivity contribution >= 4 is 35.3 Å². The van der Waals surface area contributed by atoms with Crippen molar-refractivity contribution in [3.8, 4) is 0 Å². The van der Waals surface area contributed by atoms with Crippen LogP contribution in [0, 0.1) is 3.95 Å². The molecule has 0 spiro atoms. The number of carbonyl (C=O) groups excluding carboxylic acids is 1. The number of aromatic nitrogens is 1. The number of amides is 1. The summed E-state index contributed by atoms with van der Waals surface area (Å²) in [6.07, 6.45) is 2.21. The highest BCUT2D eigenvalue weighted by Gasteiger charge is 2.21. The molecule has 0 aliphatic carbocycles. The molecule has 20 heavy (non-hydrogen) atoms. The lowest BCUT2D eigenvalue weighted by atomic mass is 10.2. The standard InChI is InChI=1S/C12H19N3O3S2/c1-17-6-4-14-11(16)9-10(13)15(12(19)20-9)7-8-3-2-5-18-8/h8H,2-7,13H2,1H3,(H,14,16)/t8-/m0/s1. The highest BCUT2D eigenvalue weighted by atomic mass is 32.1. The number of nitrogens with zero attached hydrogens (tertiary/aromatic N) is 1. The maximum Gasteiger partial charge on any atom is 0.265 e. The highest BCUT2D eigenvalue weighted by Crippen LogP contribution is 2.24. The molecular formula is C12H19N3O3S2. The van der Waals surface area contributed by atoms with Gasteiger partial charge in [-0.25, -0.2) is 0 Å². The van der Waals surface area contributed by atoms with E-state index < -0.39 is 0 Å². The third kappa shape index (κ3) is 3.57. The van der Waals surface area contributed by atoms with Crippen molar-refractivity contribution in [2.24, 2.45) is 0 Å². The molecule has 2 rings (SSSR count). The Bertz CT molecular complexity index is 521. The molecule has 0 bridgehead atoms. The first-order chi connectivity index (χ1) is 9.63. The van der Waals surface area contributed by atoms with Gasteiger partial charge in [-0.1, -0.05) is 11.3 Å². The van der Waals surface area contributed by atoms with Crippen LogP contribution in [0.25, 0.3) is 0 Å². The van der Waals surface area contributed by atoms with Crippen LogP contribution < -0.4 is 11.1 Å². The number of ether oxygens (including phenoxy) is 2. The summed E-state index contributed by atoms with van der Waals surface area (Å²) >= 11 is 6.53. The van der Waals surface area contributed by atoms with Crippen molar-refractivity contribution in [2.75, 3.05) is 32.6 Å². The van der Waals surface area contributed by atoms with Gasteiger partial charge in [0.1, 0.15) is 10.7 Å². The molecule has 1 aromatic rings. The Morgan fingerprint density at radius 1 is 1.70 bits per heavy atom. The predicted molar refractivity (Wildman–Crippen MR) is 80.7 cm³/mol. The van der Waals surface area contributed by atoms with Crippen molar-refractivity contribution in [3.63, 3.8) is 0 Å². The van der Waals surface area contributed by atoms with Crippen LogP contribution in [0.15, 0.2) is 0 Å². The second-order valence-electron chi connectivity index (χ2n) is 4.58. The number of rotatable bonds is 6. The van der Waals surface area contributed by atoms with Crippen molar-refractivity contribution in [1.82, 2.24) is 9.88 Å². The molecule has 8 heteroatoms. The summed E-state index contributed by atoms with van der Waals surface area (Å²) in [5, 5.41) is 2.75. The first-order valence-corrected chi connectivity index (χ1v) is 7.73. The molecular weight excluding hydrogens is 298 g/mol. The predicted octanol–water partition coefficient (Wildman–Crippen LogP) is 1.42. The topological polar surface area (TPSA) is 78.5 Å². The molecule has 1 atom stereocenters. The number of carbonyl (C=O) groups is 1. The highest BCUT2D eigenvalue weighted by molar-refractivity contribution is 7.73. The van der Waals surface area contributed by atoms with Crippen LogP contribution in [-0.4, -0.2) is 43.4 Å². The molecule has 1 aliphatic heterocycles. The minimum atomic E-state index is -0.207. The van der Waals surface area contributed by atoms with Gasteiger partial charge in [0.15, 0.2) is 3.95 Å². The van der Waals surface area contributed by atoms with Gasteiger partial charge in [0, 0.05) is 20.3 Å². The third-order valence-corrected chi connectivity index (χ3v) is 4.61. The van der Waals surface area contributed by atoms with Crippen LogP contribution in [0.3, 0.4) is 0 Å². The van der Waals surface area contributed by atoms with Gasteiger partial charge in [-0.05, 0) is 25.1 Å². The average Bonchev–Trinajstić information content (AvgIpc) is 3.02. The Kier molecular flexibility index (Phi) is 5.53. The van der Waals surface area contributed by atoms with E-state index in [1.54, 1.807) is 11.7 Å². The molecule has 1 aliphatic rings. The Balaban J connectivity index is 2.07. The minimum absolute atomic E-state index is 0.142. The van der Waals surface area contributed by atoms with Crippen molar-refractivity contribution in [2.45, 2.75) is 25.5 Å². The zero-order valence-electron chi connectivity index (χ0n) is 11.4. The van der Waals surface area contributed by atoms with Crippen molar-refractivity contribution < 1.29 is 14.3 Å². The molecule has 0 radical (unpaired) electrons. The maximum absolute atomic E-state index is 12.0. The second-order valence-corrected chi connectivity index (χ2v) is 6.22. The Hall–Kier alpha value is -0.960. The summed E-state index contributed by atoms with van der Waals surface area (Å²) in [6.45, 7) is 2.32. The van der Waals surface area contributed by atoms with Gasteiger partial charge in [-0.2, -0.15) is 0 Å². The van der Waals surface area contributed by atoms with E-state index in [0.29, 0.717) is 34.3 Å². The van der Waals surface area contributed by atoms with Crippen LogP contribution in [0.1, 0.15) is 22.5 Å². The van der Waals surface area contributed by atoms with E-state index in [1.807, 2.05) is 0 Å². The normalized spacial score (nSPS) is 18.4. The van der Waals surface area contributed by atoms with Gasteiger partial charge in [-0.3, -0.25) is 4.79 Å². The number of nitrogen functional groups attached to an aromatic ring is 1. The van der Waals surface area contributed by atoms with Gasteiger partial charge < -0.3 is 25.1 Å². The summed E-state index contributed by atoms with van der Waals surface area (Å²) < 4.78 is 12.9. The molecule has 1 saturated heterocycles. The van der Waals surface area contributed by atoms with Crippen LogP contribution in [0.4, 0.5) is 5.82 Å². The fourth-order valence-corrected chi connectivity index (χ4v) is 3.35. The van der Waals surface area contributed by atoms with Gasteiger partial charge >= 0.3 is 0 Å². The number of hydrogen-bond donors (Lipinski definition) is 2. The van der Waals surface area contributed by atoms with E-state index in [0.717, 1.165) is 19.4 Å². The zero-order valence-corrected chi connectivity index (χ0v) is 13.0. The molecule has 0 unspecified atom stereocenters. The summed E-state index contributed by atoms with van der Waals surface area (Å²) in [5.74, 6) is 0.215. The van der Waals surface area contributed by atoms with Crippen LogP contribution in [0.2, 0.25) is 0 Å². The van der Waals surface area contributed by atoms with Crippen molar-refractivity contribution in [3.05, 3.63) is 8.83 Å². The van der Waals surface area contributed by atoms with Crippen molar-refractivity contribution in [1.29, 1.82) is 0 Å². The molecule has 112 valence electrons.